The van der Waals surface area contributed by atoms with Crippen molar-refractivity contribution < 1.29 is 9.26 Å². The number of benzene rings is 1. The van der Waals surface area contributed by atoms with Gasteiger partial charge in [-0.1, -0.05) is 77.0 Å². The van der Waals surface area contributed by atoms with E-state index in [2.05, 4.69) is 81.4 Å². The van der Waals surface area contributed by atoms with Gasteiger partial charge in [-0.05, 0) is 40.5 Å². The van der Waals surface area contributed by atoms with Crippen molar-refractivity contribution in [1.29, 1.82) is 0 Å². The first-order valence-corrected chi connectivity index (χ1v) is 12.8. The number of hydrogen-bond acceptors (Lipinski definition) is 3. The third-order valence-electron chi connectivity index (χ3n) is 6.12. The summed E-state index contributed by atoms with van der Waals surface area (Å²) in [4.78, 5) is 0. The number of ether oxygens (including phenoxy) is 1. The highest BCUT2D eigenvalue weighted by atomic mass is 28.3. The molecule has 0 fully saturated rings. The molecule has 0 aliphatic heterocycles. The molecule has 0 saturated carbocycles. The first kappa shape index (κ1) is 21.6. The second-order valence-corrected chi connectivity index (χ2v) is 14.5. The molecule has 5 heteroatoms. The summed E-state index contributed by atoms with van der Waals surface area (Å²) in [6.07, 6.45) is 2.25. The highest BCUT2D eigenvalue weighted by Gasteiger charge is 2.46. The summed E-state index contributed by atoms with van der Waals surface area (Å²) in [5.41, 5.74) is 5.07. The molecular formula is C24H34N2O2Si. The minimum atomic E-state index is -1.84. The van der Waals surface area contributed by atoms with Gasteiger partial charge in [0.2, 0.25) is 0 Å². The van der Waals surface area contributed by atoms with Crippen LogP contribution in [0.2, 0.25) is 16.6 Å². The molecule has 4 nitrogen and oxygen atoms in total. The Balaban J connectivity index is 1.82. The van der Waals surface area contributed by atoms with Crippen LogP contribution in [0, 0.1) is 0 Å². The Labute approximate surface area is 176 Å². The van der Waals surface area contributed by atoms with Crippen molar-refractivity contribution in [1.82, 2.24) is 9.39 Å². The monoisotopic (exact) mass is 410 g/mol. The molecule has 0 N–H and O–H groups in total. The molecule has 156 valence electrons. The quantitative estimate of drug-likeness (QED) is 0.361. The van der Waals surface area contributed by atoms with Gasteiger partial charge >= 0.3 is 0 Å². The number of aromatic nitrogens is 2. The summed E-state index contributed by atoms with van der Waals surface area (Å²) in [6.45, 7) is 15.2. The fourth-order valence-corrected chi connectivity index (χ4v) is 11.7. The molecule has 29 heavy (non-hydrogen) atoms. The Morgan fingerprint density at radius 3 is 2.17 bits per heavy atom. The van der Waals surface area contributed by atoms with Crippen molar-refractivity contribution in [2.45, 2.75) is 71.4 Å². The zero-order chi connectivity index (χ0) is 21.0. The van der Waals surface area contributed by atoms with Gasteiger partial charge in [-0.15, -0.1) is 0 Å². The van der Waals surface area contributed by atoms with Crippen LogP contribution >= 0.6 is 0 Å². The van der Waals surface area contributed by atoms with Gasteiger partial charge in [-0.3, -0.25) is 0 Å². The van der Waals surface area contributed by atoms with Gasteiger partial charge in [-0.25, -0.2) is 0 Å². The van der Waals surface area contributed by atoms with E-state index in [1.165, 1.54) is 0 Å². The Bertz CT molecular complexity index is 875. The Hall–Kier alpha value is -2.11. The van der Waals surface area contributed by atoms with E-state index in [4.69, 9.17) is 9.26 Å². The van der Waals surface area contributed by atoms with Gasteiger partial charge in [0.05, 0.1) is 12.3 Å². The van der Waals surface area contributed by atoms with E-state index in [0.29, 0.717) is 29.8 Å². The fourth-order valence-electron chi connectivity index (χ4n) is 5.11. The molecular weight excluding hydrogens is 376 g/mol. The Morgan fingerprint density at radius 2 is 1.55 bits per heavy atom. The normalized spacial score (nSPS) is 12.4. The third-order valence-corrected chi connectivity index (χ3v) is 12.9. The second-order valence-electron chi connectivity index (χ2n) is 8.77. The largest absolute Gasteiger partial charge is 0.372 e. The van der Waals surface area contributed by atoms with Crippen LogP contribution in [0.4, 0.5) is 0 Å². The van der Waals surface area contributed by atoms with Crippen molar-refractivity contribution in [3.63, 3.8) is 0 Å². The maximum atomic E-state index is 5.82. The Kier molecular flexibility index (Phi) is 6.80. The molecule has 2 heterocycles. The van der Waals surface area contributed by atoms with Crippen LogP contribution < -0.4 is 0 Å². The SMILES string of the molecule is CC(C)[Si](C(C)C)(C(C)C)n1cccc1-c1cc(COCc2ccccc2)on1. The first-order valence-electron chi connectivity index (χ1n) is 10.6. The zero-order valence-corrected chi connectivity index (χ0v) is 19.6. The molecule has 0 atom stereocenters. The van der Waals surface area contributed by atoms with Crippen LogP contribution in [-0.4, -0.2) is 17.6 Å². The Morgan fingerprint density at radius 1 is 0.897 bits per heavy atom. The van der Waals surface area contributed by atoms with Crippen LogP contribution in [0.3, 0.4) is 0 Å². The molecule has 3 aromatic rings. The topological polar surface area (TPSA) is 40.2 Å². The minimum absolute atomic E-state index is 0.420. The lowest BCUT2D eigenvalue weighted by Gasteiger charge is -2.45. The molecule has 0 bridgehead atoms. The lowest BCUT2D eigenvalue weighted by molar-refractivity contribution is 0.0884. The molecule has 0 unspecified atom stereocenters. The summed E-state index contributed by atoms with van der Waals surface area (Å²) in [5, 5.41) is 4.38. The van der Waals surface area contributed by atoms with Crippen molar-refractivity contribution in [2.75, 3.05) is 0 Å². The molecule has 3 rings (SSSR count). The van der Waals surface area contributed by atoms with Gasteiger partial charge in [0.15, 0.2) is 14.0 Å². The maximum Gasteiger partial charge on any atom is 0.169 e. The van der Waals surface area contributed by atoms with E-state index in [1.54, 1.807) is 0 Å². The summed E-state index contributed by atoms with van der Waals surface area (Å²) in [5.74, 6) is 0.759. The van der Waals surface area contributed by atoms with Crippen molar-refractivity contribution in [2.24, 2.45) is 0 Å². The molecule has 2 aromatic heterocycles. The van der Waals surface area contributed by atoms with Gasteiger partial charge < -0.3 is 13.5 Å². The van der Waals surface area contributed by atoms with Crippen molar-refractivity contribution in [3.8, 4) is 11.4 Å². The standard InChI is InChI=1S/C24H34N2O2Si/c1-18(2)29(19(3)4,20(5)6)26-14-10-13-24(26)23-15-22(28-25-23)17-27-16-21-11-8-7-9-12-21/h7-15,18-20H,16-17H2,1-6H3. The lowest BCUT2D eigenvalue weighted by atomic mass is 10.2. The minimum Gasteiger partial charge on any atom is -0.372 e. The first-order chi connectivity index (χ1) is 13.9. The predicted molar refractivity (Wildman–Crippen MR) is 121 cm³/mol. The zero-order valence-electron chi connectivity index (χ0n) is 18.6. The van der Waals surface area contributed by atoms with Crippen LogP contribution in [0.25, 0.3) is 11.4 Å². The van der Waals surface area contributed by atoms with Gasteiger partial charge in [-0.2, -0.15) is 0 Å². The highest BCUT2D eigenvalue weighted by Crippen LogP contribution is 2.44. The number of rotatable bonds is 9. The molecule has 1 aromatic carbocycles. The van der Waals surface area contributed by atoms with E-state index in [-0.39, 0.29) is 0 Å². The van der Waals surface area contributed by atoms with Gasteiger partial charge in [0.1, 0.15) is 12.3 Å². The maximum absolute atomic E-state index is 5.82. The van der Waals surface area contributed by atoms with E-state index in [1.807, 2.05) is 24.3 Å². The number of hydrogen-bond donors (Lipinski definition) is 0. The summed E-state index contributed by atoms with van der Waals surface area (Å²) >= 11 is 0. The van der Waals surface area contributed by atoms with Gasteiger partial charge in [0, 0.05) is 6.07 Å². The van der Waals surface area contributed by atoms with Crippen LogP contribution in [-0.2, 0) is 18.0 Å². The summed E-state index contributed by atoms with van der Waals surface area (Å²) < 4.78 is 14.0. The number of nitrogens with zero attached hydrogens (tertiary/aromatic N) is 2. The average molecular weight is 411 g/mol. The molecule has 0 aliphatic rings. The van der Waals surface area contributed by atoms with E-state index in [9.17, 15) is 0 Å². The van der Waals surface area contributed by atoms with Crippen molar-refractivity contribution in [3.05, 3.63) is 66.1 Å². The predicted octanol–water partition coefficient (Wildman–Crippen LogP) is 6.88. The molecule has 0 spiro atoms. The summed E-state index contributed by atoms with van der Waals surface area (Å²) in [7, 11) is -1.84. The molecule has 0 aliphatic carbocycles. The van der Waals surface area contributed by atoms with Crippen molar-refractivity contribution >= 4 is 8.24 Å². The smallest absolute Gasteiger partial charge is 0.169 e. The average Bonchev–Trinajstić information content (AvgIpc) is 3.32. The van der Waals surface area contributed by atoms with Crippen LogP contribution in [0.15, 0.2) is 59.3 Å². The van der Waals surface area contributed by atoms with Crippen LogP contribution in [0.1, 0.15) is 52.9 Å². The van der Waals surface area contributed by atoms with Crippen LogP contribution in [0.5, 0.6) is 0 Å². The molecule has 0 amide bonds. The van der Waals surface area contributed by atoms with E-state index >= 15 is 0 Å². The van der Waals surface area contributed by atoms with E-state index < -0.39 is 8.24 Å². The van der Waals surface area contributed by atoms with E-state index in [0.717, 1.165) is 22.7 Å². The fraction of sp³-hybridized carbons (Fsp3) is 0.458. The third kappa shape index (κ3) is 4.26. The van der Waals surface area contributed by atoms with Gasteiger partial charge in [0.25, 0.3) is 0 Å². The lowest BCUT2D eigenvalue weighted by Crippen LogP contribution is -2.52. The summed E-state index contributed by atoms with van der Waals surface area (Å²) in [6, 6.07) is 16.5. The second kappa shape index (κ2) is 9.14. The molecule has 0 saturated heterocycles. The highest BCUT2D eigenvalue weighted by molar-refractivity contribution is 6.82. The molecule has 0 radical (unpaired) electrons.